The average molecular weight is 246 g/mol. The molecule has 96 valence electrons. The van der Waals surface area contributed by atoms with Crippen LogP contribution in [-0.2, 0) is 4.79 Å². The van der Waals surface area contributed by atoms with Crippen LogP contribution in [0.1, 0.15) is 26.7 Å². The van der Waals surface area contributed by atoms with Crippen molar-refractivity contribution in [1.29, 1.82) is 0 Å². The van der Waals surface area contributed by atoms with Gasteiger partial charge in [0.2, 0.25) is 5.91 Å². The van der Waals surface area contributed by atoms with Gasteiger partial charge < -0.3 is 15.0 Å². The van der Waals surface area contributed by atoms with Crippen LogP contribution < -0.4 is 15.0 Å². The van der Waals surface area contributed by atoms with Gasteiger partial charge in [-0.2, -0.15) is 0 Å². The summed E-state index contributed by atoms with van der Waals surface area (Å²) in [4.78, 5) is 14.5. The SMILES string of the molecule is COc1cccc2c1N(C(C)C)C1(CC1)C(=O)N2. The molecule has 1 aromatic carbocycles. The molecule has 0 atom stereocenters. The van der Waals surface area contributed by atoms with E-state index in [1.807, 2.05) is 18.2 Å². The van der Waals surface area contributed by atoms with E-state index >= 15 is 0 Å². The molecule has 2 aliphatic rings. The van der Waals surface area contributed by atoms with Gasteiger partial charge >= 0.3 is 0 Å². The van der Waals surface area contributed by atoms with E-state index in [-0.39, 0.29) is 17.5 Å². The summed E-state index contributed by atoms with van der Waals surface area (Å²) >= 11 is 0. The highest BCUT2D eigenvalue weighted by atomic mass is 16.5. The predicted octanol–water partition coefficient (Wildman–Crippen LogP) is 2.39. The second-order valence-electron chi connectivity index (χ2n) is 5.31. The van der Waals surface area contributed by atoms with Crippen LogP contribution in [0.2, 0.25) is 0 Å². The molecule has 1 aliphatic carbocycles. The van der Waals surface area contributed by atoms with Gasteiger partial charge in [-0.3, -0.25) is 4.79 Å². The molecule has 1 aliphatic heterocycles. The number of anilines is 2. The topological polar surface area (TPSA) is 41.6 Å². The van der Waals surface area contributed by atoms with Gasteiger partial charge in [0.25, 0.3) is 0 Å². The molecule has 1 amide bonds. The lowest BCUT2D eigenvalue weighted by molar-refractivity contribution is -0.118. The number of carbonyl (C=O) groups is 1. The summed E-state index contributed by atoms with van der Waals surface area (Å²) in [5.74, 6) is 0.949. The Morgan fingerprint density at radius 2 is 2.11 bits per heavy atom. The van der Waals surface area contributed by atoms with Gasteiger partial charge in [-0.15, -0.1) is 0 Å². The summed E-state index contributed by atoms with van der Waals surface area (Å²) < 4.78 is 5.46. The van der Waals surface area contributed by atoms with Crippen molar-refractivity contribution in [2.45, 2.75) is 38.3 Å². The molecule has 0 aromatic heterocycles. The number of methoxy groups -OCH3 is 1. The molecule has 1 N–H and O–H groups in total. The standard InChI is InChI=1S/C14H18N2O2/c1-9(2)16-12-10(5-4-6-11(12)18-3)15-13(17)14(16)7-8-14/h4-6,9H,7-8H2,1-3H3,(H,15,17). The highest BCUT2D eigenvalue weighted by molar-refractivity contribution is 6.09. The van der Waals surface area contributed by atoms with Crippen LogP contribution in [0.25, 0.3) is 0 Å². The smallest absolute Gasteiger partial charge is 0.250 e. The maximum Gasteiger partial charge on any atom is 0.250 e. The summed E-state index contributed by atoms with van der Waals surface area (Å²) in [7, 11) is 1.67. The van der Waals surface area contributed by atoms with Crippen molar-refractivity contribution in [3.8, 4) is 5.75 Å². The van der Waals surface area contributed by atoms with Gasteiger partial charge in [0.1, 0.15) is 17.0 Å². The summed E-state index contributed by atoms with van der Waals surface area (Å²) in [5, 5.41) is 3.01. The molecular formula is C14H18N2O2. The second-order valence-corrected chi connectivity index (χ2v) is 5.31. The Bertz CT molecular complexity index is 507. The number of hydrogen-bond acceptors (Lipinski definition) is 3. The number of fused-ring (bicyclic) bond motifs is 1. The Hall–Kier alpha value is -1.71. The van der Waals surface area contributed by atoms with Crippen LogP contribution in [0, 0.1) is 0 Å². The van der Waals surface area contributed by atoms with Crippen molar-refractivity contribution in [2.24, 2.45) is 0 Å². The number of carbonyl (C=O) groups excluding carboxylic acids is 1. The fourth-order valence-corrected chi connectivity index (χ4v) is 2.94. The first kappa shape index (κ1) is 11.4. The van der Waals surface area contributed by atoms with Crippen LogP contribution in [0.3, 0.4) is 0 Å². The lowest BCUT2D eigenvalue weighted by Crippen LogP contribution is -2.53. The molecule has 0 saturated heterocycles. The monoisotopic (exact) mass is 246 g/mol. The maximum absolute atomic E-state index is 12.3. The molecule has 3 rings (SSSR count). The lowest BCUT2D eigenvalue weighted by Gasteiger charge is -2.42. The zero-order chi connectivity index (χ0) is 12.9. The minimum Gasteiger partial charge on any atom is -0.495 e. The largest absolute Gasteiger partial charge is 0.495 e. The zero-order valence-corrected chi connectivity index (χ0v) is 11.0. The number of hydrogen-bond donors (Lipinski definition) is 1. The molecule has 4 nitrogen and oxygen atoms in total. The van der Waals surface area contributed by atoms with Gasteiger partial charge in [0.15, 0.2) is 0 Å². The number of nitrogens with one attached hydrogen (secondary N) is 1. The van der Waals surface area contributed by atoms with E-state index in [0.29, 0.717) is 0 Å². The summed E-state index contributed by atoms with van der Waals surface area (Å²) in [6, 6.07) is 6.05. The molecule has 1 saturated carbocycles. The second kappa shape index (κ2) is 3.64. The zero-order valence-electron chi connectivity index (χ0n) is 11.0. The van der Waals surface area contributed by atoms with Crippen LogP contribution in [0.4, 0.5) is 11.4 Å². The first-order valence-corrected chi connectivity index (χ1v) is 6.38. The molecule has 0 bridgehead atoms. The third kappa shape index (κ3) is 1.35. The third-order valence-corrected chi connectivity index (χ3v) is 3.83. The van der Waals surface area contributed by atoms with Gasteiger partial charge in [-0.1, -0.05) is 6.07 Å². The number of nitrogens with zero attached hydrogens (tertiary/aromatic N) is 1. The van der Waals surface area contributed by atoms with Crippen molar-refractivity contribution in [3.63, 3.8) is 0 Å². The predicted molar refractivity (Wildman–Crippen MR) is 71.2 cm³/mol. The van der Waals surface area contributed by atoms with Crippen molar-refractivity contribution in [2.75, 3.05) is 17.3 Å². The molecular weight excluding hydrogens is 228 g/mol. The normalized spacial score (nSPS) is 19.8. The van der Waals surface area contributed by atoms with Crippen LogP contribution in [0.15, 0.2) is 18.2 Å². The lowest BCUT2D eigenvalue weighted by atomic mass is 10.0. The minimum absolute atomic E-state index is 0.122. The molecule has 0 unspecified atom stereocenters. The fraction of sp³-hybridized carbons (Fsp3) is 0.500. The molecule has 1 aromatic rings. The number of ether oxygens (including phenoxy) is 1. The Balaban J connectivity index is 2.20. The van der Waals surface area contributed by atoms with E-state index in [2.05, 4.69) is 24.1 Å². The number of rotatable bonds is 2. The summed E-state index contributed by atoms with van der Waals surface area (Å²) in [5.41, 5.74) is 1.54. The molecule has 1 spiro atoms. The molecule has 4 heteroatoms. The van der Waals surface area contributed by atoms with Gasteiger partial charge in [-0.05, 0) is 38.8 Å². The van der Waals surface area contributed by atoms with Gasteiger partial charge in [0, 0.05) is 6.04 Å². The van der Waals surface area contributed by atoms with E-state index in [9.17, 15) is 4.79 Å². The summed E-state index contributed by atoms with van der Waals surface area (Å²) in [6.45, 7) is 4.24. The molecule has 1 fully saturated rings. The molecule has 18 heavy (non-hydrogen) atoms. The Kier molecular flexibility index (Phi) is 2.30. The van der Waals surface area contributed by atoms with Crippen LogP contribution in [0.5, 0.6) is 5.75 Å². The van der Waals surface area contributed by atoms with Gasteiger partial charge in [-0.25, -0.2) is 0 Å². The average Bonchev–Trinajstić information content (AvgIpc) is 3.11. The Labute approximate surface area is 107 Å². The van der Waals surface area contributed by atoms with Crippen molar-refractivity contribution < 1.29 is 9.53 Å². The van der Waals surface area contributed by atoms with E-state index in [1.54, 1.807) is 7.11 Å². The highest BCUT2D eigenvalue weighted by Crippen LogP contribution is 2.53. The fourth-order valence-electron chi connectivity index (χ4n) is 2.94. The third-order valence-electron chi connectivity index (χ3n) is 3.83. The Morgan fingerprint density at radius 1 is 1.39 bits per heavy atom. The number of benzene rings is 1. The van der Waals surface area contributed by atoms with Crippen molar-refractivity contribution >= 4 is 17.3 Å². The molecule has 1 heterocycles. The minimum atomic E-state index is -0.337. The van der Waals surface area contributed by atoms with Crippen LogP contribution >= 0.6 is 0 Å². The van der Waals surface area contributed by atoms with Gasteiger partial charge in [0.05, 0.1) is 12.8 Å². The first-order valence-electron chi connectivity index (χ1n) is 6.38. The van der Waals surface area contributed by atoms with E-state index < -0.39 is 0 Å². The van der Waals surface area contributed by atoms with E-state index in [0.717, 1.165) is 30.0 Å². The van der Waals surface area contributed by atoms with Crippen molar-refractivity contribution in [3.05, 3.63) is 18.2 Å². The molecule has 0 radical (unpaired) electrons. The Morgan fingerprint density at radius 3 is 2.67 bits per heavy atom. The number of amides is 1. The maximum atomic E-state index is 12.3. The number of para-hydroxylation sites is 1. The van der Waals surface area contributed by atoms with E-state index in [4.69, 9.17) is 4.74 Å². The van der Waals surface area contributed by atoms with Crippen molar-refractivity contribution in [1.82, 2.24) is 0 Å². The summed E-state index contributed by atoms with van der Waals surface area (Å²) in [6.07, 6.45) is 1.85. The van der Waals surface area contributed by atoms with Crippen LogP contribution in [-0.4, -0.2) is 24.6 Å². The first-order chi connectivity index (χ1) is 8.60. The quantitative estimate of drug-likeness (QED) is 0.871. The highest BCUT2D eigenvalue weighted by Gasteiger charge is 2.58. The van der Waals surface area contributed by atoms with E-state index in [1.165, 1.54) is 0 Å².